The van der Waals surface area contributed by atoms with E-state index in [2.05, 4.69) is 14.5 Å². The number of aromatic nitrogens is 1. The Balaban J connectivity index is 1.74. The highest BCUT2D eigenvalue weighted by Gasteiger charge is 2.43. The molecule has 4 N–H and O–H groups in total. The Labute approximate surface area is 168 Å². The fraction of sp³-hybridized carbons (Fsp3) is 0.474. The summed E-state index contributed by atoms with van der Waals surface area (Å²) in [6, 6.07) is 0.746. The molecular formula is C19H24FN3O5S. The summed E-state index contributed by atoms with van der Waals surface area (Å²) in [5.74, 6) is -0.950. The smallest absolute Gasteiger partial charge is 0.333 e. The molecule has 1 heterocycles. The van der Waals surface area contributed by atoms with Crippen LogP contribution >= 0.6 is 0 Å². The van der Waals surface area contributed by atoms with Gasteiger partial charge < -0.3 is 10.4 Å². The second kappa shape index (κ2) is 8.31. The zero-order chi connectivity index (χ0) is 21.3. The SMILES string of the molecule is CC1=C(C)CC(C(=O)c2cnccc2N[C@@H]2C[C@H](COS(N)(=O)=O)[C@@H](O)[C@@H]2F)=C1. The molecule has 4 atom stereocenters. The van der Waals surface area contributed by atoms with Gasteiger partial charge in [-0.2, -0.15) is 8.42 Å². The van der Waals surface area contributed by atoms with E-state index in [1.54, 1.807) is 6.07 Å². The van der Waals surface area contributed by atoms with Crippen LogP contribution in [0.5, 0.6) is 0 Å². The van der Waals surface area contributed by atoms with Gasteiger partial charge in [0.25, 0.3) is 0 Å². The second-order valence-electron chi connectivity index (χ2n) is 7.52. The highest BCUT2D eigenvalue weighted by molar-refractivity contribution is 7.84. The van der Waals surface area contributed by atoms with Crippen molar-refractivity contribution in [2.75, 3.05) is 11.9 Å². The van der Waals surface area contributed by atoms with E-state index in [-0.39, 0.29) is 12.2 Å². The Morgan fingerprint density at radius 3 is 2.79 bits per heavy atom. The number of alkyl halides is 1. The van der Waals surface area contributed by atoms with E-state index in [0.29, 0.717) is 23.2 Å². The largest absolute Gasteiger partial charge is 0.390 e. The minimum absolute atomic E-state index is 0.107. The molecule has 8 nitrogen and oxygen atoms in total. The Bertz CT molecular complexity index is 976. The Hall–Kier alpha value is -2.14. The third kappa shape index (κ3) is 4.89. The molecule has 158 valence electrons. The summed E-state index contributed by atoms with van der Waals surface area (Å²) in [6.07, 6.45) is 2.33. The van der Waals surface area contributed by atoms with Crippen molar-refractivity contribution in [3.63, 3.8) is 0 Å². The zero-order valence-electron chi connectivity index (χ0n) is 16.1. The average molecular weight is 425 g/mol. The first-order valence-electron chi connectivity index (χ1n) is 9.18. The molecule has 0 aliphatic heterocycles. The van der Waals surface area contributed by atoms with Gasteiger partial charge in [0.2, 0.25) is 0 Å². The Morgan fingerprint density at radius 1 is 1.45 bits per heavy atom. The van der Waals surface area contributed by atoms with Crippen LogP contribution in [0.2, 0.25) is 0 Å². The minimum atomic E-state index is -4.18. The van der Waals surface area contributed by atoms with Gasteiger partial charge in [0, 0.05) is 29.6 Å². The van der Waals surface area contributed by atoms with Crippen LogP contribution in [0.25, 0.3) is 0 Å². The number of aliphatic hydroxyl groups is 1. The lowest BCUT2D eigenvalue weighted by Gasteiger charge is -2.19. The normalized spacial score (nSPS) is 27.3. The lowest BCUT2D eigenvalue weighted by Crippen LogP contribution is -2.32. The maximum Gasteiger partial charge on any atom is 0.333 e. The molecule has 1 aromatic heterocycles. The van der Waals surface area contributed by atoms with Gasteiger partial charge in [0.05, 0.1) is 24.3 Å². The monoisotopic (exact) mass is 425 g/mol. The van der Waals surface area contributed by atoms with Crippen LogP contribution in [0.4, 0.5) is 10.1 Å². The van der Waals surface area contributed by atoms with Crippen molar-refractivity contribution in [1.82, 2.24) is 4.98 Å². The molecule has 0 unspecified atom stereocenters. The zero-order valence-corrected chi connectivity index (χ0v) is 16.9. The van der Waals surface area contributed by atoms with E-state index in [9.17, 15) is 22.7 Å². The summed E-state index contributed by atoms with van der Waals surface area (Å²) in [5.41, 5.74) is 3.52. The van der Waals surface area contributed by atoms with Crippen LogP contribution in [0.1, 0.15) is 37.0 Å². The molecule has 1 fully saturated rings. The molecule has 0 saturated heterocycles. The molecule has 1 aromatic rings. The molecule has 3 rings (SSSR count). The van der Waals surface area contributed by atoms with Crippen LogP contribution in [0.15, 0.2) is 41.3 Å². The predicted octanol–water partition coefficient (Wildman–Crippen LogP) is 1.65. The number of aliphatic hydroxyl groups excluding tert-OH is 1. The van der Waals surface area contributed by atoms with E-state index in [1.807, 2.05) is 19.9 Å². The summed E-state index contributed by atoms with van der Waals surface area (Å²) >= 11 is 0. The highest BCUT2D eigenvalue weighted by atomic mass is 32.2. The number of anilines is 1. The van der Waals surface area contributed by atoms with Crippen molar-refractivity contribution in [3.05, 3.63) is 46.8 Å². The number of allylic oxidation sites excluding steroid dienone is 4. The Kier molecular flexibility index (Phi) is 6.18. The fourth-order valence-electron chi connectivity index (χ4n) is 3.66. The molecule has 29 heavy (non-hydrogen) atoms. The fourth-order valence-corrected chi connectivity index (χ4v) is 4.03. The highest BCUT2D eigenvalue weighted by Crippen LogP contribution is 2.34. The van der Waals surface area contributed by atoms with Gasteiger partial charge in [-0.3, -0.25) is 14.0 Å². The number of pyridine rings is 1. The molecule has 1 saturated carbocycles. The molecule has 0 aromatic carbocycles. The first-order valence-corrected chi connectivity index (χ1v) is 10.7. The molecule has 0 spiro atoms. The first-order chi connectivity index (χ1) is 13.6. The Morgan fingerprint density at radius 2 is 2.17 bits per heavy atom. The van der Waals surface area contributed by atoms with E-state index in [0.717, 1.165) is 11.1 Å². The minimum Gasteiger partial charge on any atom is -0.390 e. The first kappa shape index (κ1) is 21.6. The molecule has 0 radical (unpaired) electrons. The molecule has 10 heteroatoms. The number of halogens is 1. The van der Waals surface area contributed by atoms with Gasteiger partial charge in [-0.25, -0.2) is 9.53 Å². The van der Waals surface area contributed by atoms with E-state index >= 15 is 0 Å². The summed E-state index contributed by atoms with van der Waals surface area (Å²) in [4.78, 5) is 16.9. The number of hydrogen-bond acceptors (Lipinski definition) is 7. The van der Waals surface area contributed by atoms with E-state index < -0.39 is 41.1 Å². The van der Waals surface area contributed by atoms with Gasteiger partial charge in [-0.1, -0.05) is 17.2 Å². The summed E-state index contributed by atoms with van der Waals surface area (Å²) < 4.78 is 41.0. The molecule has 2 aliphatic carbocycles. The summed E-state index contributed by atoms with van der Waals surface area (Å²) in [6.45, 7) is 3.49. The van der Waals surface area contributed by atoms with Crippen LogP contribution in [0, 0.1) is 5.92 Å². The van der Waals surface area contributed by atoms with Crippen molar-refractivity contribution in [1.29, 1.82) is 0 Å². The van der Waals surface area contributed by atoms with Crippen molar-refractivity contribution in [3.8, 4) is 0 Å². The quantitative estimate of drug-likeness (QED) is 0.566. The topological polar surface area (TPSA) is 132 Å². The number of ketones is 1. The molecule has 0 bridgehead atoms. The van der Waals surface area contributed by atoms with Gasteiger partial charge in [-0.15, -0.1) is 0 Å². The number of rotatable bonds is 7. The van der Waals surface area contributed by atoms with E-state index in [1.165, 1.54) is 12.4 Å². The van der Waals surface area contributed by atoms with Crippen LogP contribution in [0.3, 0.4) is 0 Å². The molecule has 2 aliphatic rings. The van der Waals surface area contributed by atoms with Crippen LogP contribution < -0.4 is 10.5 Å². The van der Waals surface area contributed by atoms with Gasteiger partial charge in [0.15, 0.2) is 5.78 Å². The van der Waals surface area contributed by atoms with Gasteiger partial charge >= 0.3 is 10.3 Å². The predicted molar refractivity (Wildman–Crippen MR) is 105 cm³/mol. The number of nitrogens with one attached hydrogen (secondary N) is 1. The maximum atomic E-state index is 14.6. The number of nitrogens with two attached hydrogens (primary N) is 1. The third-order valence-corrected chi connectivity index (χ3v) is 5.88. The van der Waals surface area contributed by atoms with Crippen molar-refractivity contribution in [2.24, 2.45) is 11.1 Å². The van der Waals surface area contributed by atoms with Crippen molar-refractivity contribution >= 4 is 21.8 Å². The van der Waals surface area contributed by atoms with Gasteiger partial charge in [-0.05, 0) is 32.8 Å². The summed E-state index contributed by atoms with van der Waals surface area (Å²) in [7, 11) is -4.18. The third-order valence-electron chi connectivity index (χ3n) is 5.41. The number of carbonyl (C=O) groups excluding carboxylic acids is 1. The van der Waals surface area contributed by atoms with E-state index in [4.69, 9.17) is 5.14 Å². The lowest BCUT2D eigenvalue weighted by atomic mass is 10.0. The molecule has 0 amide bonds. The number of nitrogens with zero attached hydrogens (tertiary/aromatic N) is 1. The lowest BCUT2D eigenvalue weighted by molar-refractivity contribution is 0.0501. The van der Waals surface area contributed by atoms with Crippen molar-refractivity contribution < 1.29 is 26.9 Å². The van der Waals surface area contributed by atoms with Crippen LogP contribution in [-0.2, 0) is 14.5 Å². The molecular weight excluding hydrogens is 401 g/mol. The number of Topliss-reactive ketones (excluding diaryl/α,β-unsaturated/α-hetero) is 1. The van der Waals surface area contributed by atoms with Crippen LogP contribution in [-0.4, -0.2) is 49.2 Å². The standard InChI is InChI=1S/C19H24FN3O5S/c1-10-5-12(6-11(10)2)18(24)14-8-22-4-3-15(14)23-16-7-13(19(25)17(16)20)9-28-29(21,26)27/h3-5,8,13,16-17,19,25H,6-7,9H2,1-2H3,(H,22,23)(H2,21,26,27)/t13-,16-,17-,19-/m1/s1. The number of carbonyl (C=O) groups is 1. The number of hydrogen-bond donors (Lipinski definition) is 3. The average Bonchev–Trinajstić information content (AvgIpc) is 3.13. The van der Waals surface area contributed by atoms with Crippen molar-refractivity contribution in [2.45, 2.75) is 45.0 Å². The summed E-state index contributed by atoms with van der Waals surface area (Å²) in [5, 5.41) is 17.8. The maximum absolute atomic E-state index is 14.6. The van der Waals surface area contributed by atoms with Gasteiger partial charge in [0.1, 0.15) is 6.17 Å². The second-order valence-corrected chi connectivity index (χ2v) is 8.74.